The first kappa shape index (κ1) is 11.0. The number of sulfonamides is 1. The molecule has 6 nitrogen and oxygen atoms in total. The Labute approximate surface area is 83.1 Å². The van der Waals surface area contributed by atoms with Crippen LogP contribution in [0.25, 0.3) is 0 Å². The van der Waals surface area contributed by atoms with Crippen LogP contribution in [0.1, 0.15) is 6.42 Å². The Morgan fingerprint density at radius 2 is 2.36 bits per heavy atom. The van der Waals surface area contributed by atoms with Crippen LogP contribution >= 0.6 is 0 Å². The van der Waals surface area contributed by atoms with E-state index in [1.807, 2.05) is 0 Å². The monoisotopic (exact) mass is 218 g/mol. The first-order valence-corrected chi connectivity index (χ1v) is 5.89. The molecule has 0 saturated heterocycles. The van der Waals surface area contributed by atoms with E-state index in [2.05, 4.69) is 9.82 Å². The fraction of sp³-hybridized carbons (Fsp3) is 0.571. The van der Waals surface area contributed by atoms with Crippen LogP contribution in [0.5, 0.6) is 0 Å². The highest BCUT2D eigenvalue weighted by molar-refractivity contribution is 7.92. The summed E-state index contributed by atoms with van der Waals surface area (Å²) in [6.45, 7) is 0.367. The van der Waals surface area contributed by atoms with E-state index in [1.54, 1.807) is 13.1 Å². The van der Waals surface area contributed by atoms with Crippen molar-refractivity contribution in [2.45, 2.75) is 6.42 Å². The number of aromatic nitrogens is 2. The van der Waals surface area contributed by atoms with Gasteiger partial charge in [-0.1, -0.05) is 0 Å². The number of rotatable bonds is 5. The number of hydrogen-bond donors (Lipinski definition) is 2. The van der Waals surface area contributed by atoms with E-state index < -0.39 is 10.0 Å². The number of nitrogens with zero attached hydrogens (tertiary/aromatic N) is 2. The molecule has 1 rings (SSSR count). The molecule has 0 aliphatic rings. The van der Waals surface area contributed by atoms with Crippen molar-refractivity contribution in [3.63, 3.8) is 0 Å². The smallest absolute Gasteiger partial charge is 0.233 e. The molecule has 0 bridgehead atoms. The van der Waals surface area contributed by atoms with Crippen molar-refractivity contribution in [2.24, 2.45) is 12.8 Å². The van der Waals surface area contributed by atoms with E-state index >= 15 is 0 Å². The van der Waals surface area contributed by atoms with Crippen LogP contribution in [0.4, 0.5) is 5.82 Å². The van der Waals surface area contributed by atoms with Crippen LogP contribution in [0.15, 0.2) is 12.3 Å². The lowest BCUT2D eigenvalue weighted by atomic mass is 10.5. The first-order chi connectivity index (χ1) is 6.55. The molecule has 1 heterocycles. The first-order valence-electron chi connectivity index (χ1n) is 4.24. The molecule has 7 heteroatoms. The van der Waals surface area contributed by atoms with Crippen molar-refractivity contribution in [1.29, 1.82) is 0 Å². The second-order valence-electron chi connectivity index (χ2n) is 2.90. The lowest BCUT2D eigenvalue weighted by molar-refractivity contribution is 0.598. The molecule has 0 spiro atoms. The summed E-state index contributed by atoms with van der Waals surface area (Å²) in [6.07, 6.45) is 1.98. The van der Waals surface area contributed by atoms with Gasteiger partial charge in [-0.15, -0.1) is 0 Å². The molecule has 0 unspecified atom stereocenters. The van der Waals surface area contributed by atoms with Gasteiger partial charge < -0.3 is 5.73 Å². The van der Waals surface area contributed by atoms with E-state index in [0.29, 0.717) is 18.8 Å². The van der Waals surface area contributed by atoms with Crippen LogP contribution < -0.4 is 10.5 Å². The van der Waals surface area contributed by atoms with Crippen molar-refractivity contribution in [1.82, 2.24) is 9.78 Å². The molecule has 1 aromatic heterocycles. The quantitative estimate of drug-likeness (QED) is 0.698. The molecule has 14 heavy (non-hydrogen) atoms. The summed E-state index contributed by atoms with van der Waals surface area (Å²) >= 11 is 0. The van der Waals surface area contributed by atoms with Crippen molar-refractivity contribution < 1.29 is 8.42 Å². The molecule has 80 valence electrons. The maximum Gasteiger partial charge on any atom is 0.233 e. The van der Waals surface area contributed by atoms with E-state index in [9.17, 15) is 8.42 Å². The molecule has 0 aliphatic carbocycles. The molecule has 0 aromatic carbocycles. The summed E-state index contributed by atoms with van der Waals surface area (Å²) in [5, 5.41) is 3.85. The Morgan fingerprint density at radius 3 is 2.86 bits per heavy atom. The normalized spacial score (nSPS) is 11.6. The third kappa shape index (κ3) is 3.00. The fourth-order valence-corrected chi connectivity index (χ4v) is 2.13. The standard InChI is InChI=1S/C7H14N4O2S/c1-11-7(3-5-9-11)10-14(12,13)6-2-4-8/h3,5,10H,2,4,6,8H2,1H3. The number of anilines is 1. The lowest BCUT2D eigenvalue weighted by Crippen LogP contribution is -2.20. The summed E-state index contributed by atoms with van der Waals surface area (Å²) in [7, 11) is -1.61. The van der Waals surface area contributed by atoms with Gasteiger partial charge in [0, 0.05) is 13.1 Å². The molecule has 3 N–H and O–H groups in total. The zero-order chi connectivity index (χ0) is 10.6. The zero-order valence-electron chi connectivity index (χ0n) is 7.97. The maximum absolute atomic E-state index is 11.4. The minimum atomic E-state index is -3.28. The molecule has 0 fully saturated rings. The Bertz CT molecular complexity index is 384. The van der Waals surface area contributed by atoms with Gasteiger partial charge in [0.1, 0.15) is 5.82 Å². The highest BCUT2D eigenvalue weighted by Gasteiger charge is 2.11. The van der Waals surface area contributed by atoms with Gasteiger partial charge >= 0.3 is 0 Å². The van der Waals surface area contributed by atoms with Crippen molar-refractivity contribution in [3.8, 4) is 0 Å². The van der Waals surface area contributed by atoms with E-state index in [0.717, 1.165) is 0 Å². The molecule has 0 aliphatic heterocycles. The fourth-order valence-electron chi connectivity index (χ4n) is 0.958. The van der Waals surface area contributed by atoms with Crippen LogP contribution in [0, 0.1) is 0 Å². The topological polar surface area (TPSA) is 90.0 Å². The summed E-state index contributed by atoms with van der Waals surface area (Å²) in [5.41, 5.74) is 5.23. The van der Waals surface area contributed by atoms with Crippen molar-refractivity contribution >= 4 is 15.8 Å². The number of nitrogens with two attached hydrogens (primary N) is 1. The predicted octanol–water partition coefficient (Wildman–Crippen LogP) is -0.489. The van der Waals surface area contributed by atoms with E-state index in [1.165, 1.54) is 10.9 Å². The lowest BCUT2D eigenvalue weighted by Gasteiger charge is -2.06. The van der Waals surface area contributed by atoms with Gasteiger partial charge in [-0.25, -0.2) is 8.42 Å². The van der Waals surface area contributed by atoms with Crippen LogP contribution in [0.3, 0.4) is 0 Å². The third-order valence-corrected chi connectivity index (χ3v) is 3.04. The molecular formula is C7H14N4O2S. The minimum Gasteiger partial charge on any atom is -0.330 e. The highest BCUT2D eigenvalue weighted by atomic mass is 32.2. The highest BCUT2D eigenvalue weighted by Crippen LogP contribution is 2.06. The van der Waals surface area contributed by atoms with E-state index in [-0.39, 0.29) is 5.75 Å². The Hall–Kier alpha value is -1.08. The van der Waals surface area contributed by atoms with Gasteiger partial charge in [0.15, 0.2) is 0 Å². The molecule has 0 atom stereocenters. The number of nitrogens with one attached hydrogen (secondary N) is 1. The SMILES string of the molecule is Cn1nccc1NS(=O)(=O)CCCN. The number of aryl methyl sites for hydroxylation is 1. The van der Waals surface area contributed by atoms with Crippen molar-refractivity contribution in [2.75, 3.05) is 17.0 Å². The van der Waals surface area contributed by atoms with Crippen LogP contribution in [-0.4, -0.2) is 30.5 Å². The average molecular weight is 218 g/mol. The van der Waals surface area contributed by atoms with Gasteiger partial charge in [0.2, 0.25) is 10.0 Å². The summed E-state index contributed by atoms with van der Waals surface area (Å²) in [4.78, 5) is 0. The zero-order valence-corrected chi connectivity index (χ0v) is 8.79. The Balaban J connectivity index is 2.64. The van der Waals surface area contributed by atoms with E-state index in [4.69, 9.17) is 5.73 Å². The second-order valence-corrected chi connectivity index (χ2v) is 4.75. The van der Waals surface area contributed by atoms with Gasteiger partial charge in [0.25, 0.3) is 0 Å². The average Bonchev–Trinajstić information content (AvgIpc) is 2.48. The number of hydrogen-bond acceptors (Lipinski definition) is 4. The summed E-state index contributed by atoms with van der Waals surface area (Å²) < 4.78 is 26.7. The van der Waals surface area contributed by atoms with Gasteiger partial charge in [-0.05, 0) is 13.0 Å². The minimum absolute atomic E-state index is 0.0364. The van der Waals surface area contributed by atoms with Crippen molar-refractivity contribution in [3.05, 3.63) is 12.3 Å². The summed E-state index contributed by atoms with van der Waals surface area (Å²) in [5.74, 6) is 0.497. The largest absolute Gasteiger partial charge is 0.330 e. The molecule has 0 saturated carbocycles. The molecule has 0 radical (unpaired) electrons. The summed E-state index contributed by atoms with van der Waals surface area (Å²) in [6, 6.07) is 1.60. The second kappa shape index (κ2) is 4.43. The molecular weight excluding hydrogens is 204 g/mol. The van der Waals surface area contributed by atoms with Crippen LogP contribution in [-0.2, 0) is 17.1 Å². The molecule has 0 amide bonds. The van der Waals surface area contributed by atoms with Crippen LogP contribution in [0.2, 0.25) is 0 Å². The molecule has 1 aromatic rings. The van der Waals surface area contributed by atoms with Gasteiger partial charge in [0.05, 0.1) is 11.9 Å². The maximum atomic E-state index is 11.4. The Kier molecular flexibility index (Phi) is 3.48. The Morgan fingerprint density at radius 1 is 1.64 bits per heavy atom. The van der Waals surface area contributed by atoms with Gasteiger partial charge in [-0.2, -0.15) is 5.10 Å². The third-order valence-electron chi connectivity index (χ3n) is 1.70. The predicted molar refractivity (Wildman–Crippen MR) is 54.3 cm³/mol. The van der Waals surface area contributed by atoms with Gasteiger partial charge in [-0.3, -0.25) is 9.40 Å².